The van der Waals surface area contributed by atoms with E-state index in [2.05, 4.69) is 4.98 Å². The van der Waals surface area contributed by atoms with E-state index in [1.807, 2.05) is 13.8 Å². The second kappa shape index (κ2) is 7.09. The Labute approximate surface area is 128 Å². The summed E-state index contributed by atoms with van der Waals surface area (Å²) in [5.41, 5.74) is 0.836. The summed E-state index contributed by atoms with van der Waals surface area (Å²) in [6.07, 6.45) is 1.45. The molecule has 0 atom stereocenters. The first-order valence-corrected chi connectivity index (χ1v) is 7.09. The highest BCUT2D eigenvalue weighted by Crippen LogP contribution is 2.29. The van der Waals surface area contributed by atoms with Gasteiger partial charge in [0, 0.05) is 11.8 Å². The minimum atomic E-state index is -0.185. The molecule has 0 saturated carbocycles. The fourth-order valence-electron chi connectivity index (χ4n) is 1.85. The van der Waals surface area contributed by atoms with Crippen molar-refractivity contribution in [2.75, 3.05) is 13.2 Å². The van der Waals surface area contributed by atoms with E-state index in [0.717, 1.165) is 0 Å². The quantitative estimate of drug-likeness (QED) is 0.762. The van der Waals surface area contributed by atoms with Crippen LogP contribution in [0.3, 0.4) is 0 Å². The van der Waals surface area contributed by atoms with Gasteiger partial charge in [-0.3, -0.25) is 9.78 Å². The maximum absolute atomic E-state index is 12.4. The molecular weight excluding hydrogens is 290 g/mol. The molecule has 0 amide bonds. The molecule has 0 aliphatic heterocycles. The number of pyridine rings is 1. The molecule has 0 spiro atoms. The average molecular weight is 306 g/mol. The highest BCUT2D eigenvalue weighted by atomic mass is 35.5. The van der Waals surface area contributed by atoms with Crippen molar-refractivity contribution in [2.24, 2.45) is 0 Å². The van der Waals surface area contributed by atoms with Gasteiger partial charge in [-0.15, -0.1) is 0 Å². The number of ketones is 1. The van der Waals surface area contributed by atoms with Gasteiger partial charge in [-0.05, 0) is 44.2 Å². The molecule has 0 bridgehead atoms. The van der Waals surface area contributed by atoms with Crippen LogP contribution in [0.1, 0.15) is 29.9 Å². The molecule has 1 aromatic heterocycles. The van der Waals surface area contributed by atoms with E-state index in [1.54, 1.807) is 30.3 Å². The first kappa shape index (κ1) is 15.3. The normalized spacial score (nSPS) is 10.2. The lowest BCUT2D eigenvalue weighted by Crippen LogP contribution is -2.05. The molecule has 5 heteroatoms. The number of hydrogen-bond donors (Lipinski definition) is 0. The zero-order chi connectivity index (χ0) is 15.2. The molecule has 2 rings (SSSR count). The Kier molecular flexibility index (Phi) is 5.17. The second-order valence-electron chi connectivity index (χ2n) is 4.22. The predicted octanol–water partition coefficient (Wildman–Crippen LogP) is 3.76. The molecular formula is C16H16ClNO3. The number of halogens is 1. The topological polar surface area (TPSA) is 48.4 Å². The zero-order valence-electron chi connectivity index (χ0n) is 11.9. The highest BCUT2D eigenvalue weighted by Gasteiger charge is 2.14. The van der Waals surface area contributed by atoms with Crippen LogP contribution in [0.2, 0.25) is 5.02 Å². The Hall–Kier alpha value is -2.07. The summed E-state index contributed by atoms with van der Waals surface area (Å²) < 4.78 is 11.0. The lowest BCUT2D eigenvalue weighted by Gasteiger charge is -2.12. The van der Waals surface area contributed by atoms with Gasteiger partial charge in [0.05, 0.1) is 18.2 Å². The zero-order valence-corrected chi connectivity index (χ0v) is 12.7. The highest BCUT2D eigenvalue weighted by molar-refractivity contribution is 6.30. The van der Waals surface area contributed by atoms with Crippen molar-refractivity contribution in [3.63, 3.8) is 0 Å². The van der Waals surface area contributed by atoms with Gasteiger partial charge in [0.15, 0.2) is 11.5 Å². The number of ether oxygens (including phenoxy) is 2. The van der Waals surface area contributed by atoms with E-state index >= 15 is 0 Å². The maximum Gasteiger partial charge on any atom is 0.211 e. The first-order chi connectivity index (χ1) is 10.2. The number of rotatable bonds is 6. The van der Waals surface area contributed by atoms with Crippen molar-refractivity contribution in [1.29, 1.82) is 0 Å². The van der Waals surface area contributed by atoms with Crippen molar-refractivity contribution in [2.45, 2.75) is 13.8 Å². The molecule has 4 nitrogen and oxygen atoms in total. The Morgan fingerprint density at radius 1 is 1.10 bits per heavy atom. The molecule has 0 aliphatic rings. The van der Waals surface area contributed by atoms with Crippen LogP contribution in [0.5, 0.6) is 11.5 Å². The fourth-order valence-corrected chi connectivity index (χ4v) is 1.96. The molecule has 1 heterocycles. The van der Waals surface area contributed by atoms with Crippen molar-refractivity contribution < 1.29 is 14.3 Å². The Morgan fingerprint density at radius 2 is 1.81 bits per heavy atom. The van der Waals surface area contributed by atoms with E-state index in [9.17, 15) is 4.79 Å². The SMILES string of the molecule is CCOc1ccc(C(=O)c2ccc(Cl)cn2)cc1OCC. The average Bonchev–Trinajstić information content (AvgIpc) is 2.49. The van der Waals surface area contributed by atoms with Crippen molar-refractivity contribution in [3.05, 3.63) is 52.8 Å². The predicted molar refractivity (Wildman–Crippen MR) is 81.5 cm³/mol. The third-order valence-corrected chi connectivity index (χ3v) is 2.99. The van der Waals surface area contributed by atoms with Gasteiger partial charge < -0.3 is 9.47 Å². The van der Waals surface area contributed by atoms with Crippen LogP contribution in [0.25, 0.3) is 0 Å². The molecule has 0 aliphatic carbocycles. The Balaban J connectivity index is 2.32. The standard InChI is InChI=1S/C16H16ClNO3/c1-3-20-14-8-5-11(9-15(14)21-4-2)16(19)13-7-6-12(17)10-18-13/h5-10H,3-4H2,1-2H3. The summed E-state index contributed by atoms with van der Waals surface area (Å²) in [7, 11) is 0. The second-order valence-corrected chi connectivity index (χ2v) is 4.65. The number of hydrogen-bond acceptors (Lipinski definition) is 4. The van der Waals surface area contributed by atoms with Gasteiger partial charge in [0.2, 0.25) is 5.78 Å². The summed E-state index contributed by atoms with van der Waals surface area (Å²) in [4.78, 5) is 16.4. The van der Waals surface area contributed by atoms with Crippen LogP contribution < -0.4 is 9.47 Å². The first-order valence-electron chi connectivity index (χ1n) is 6.71. The van der Waals surface area contributed by atoms with Gasteiger partial charge in [-0.1, -0.05) is 11.6 Å². The van der Waals surface area contributed by atoms with Gasteiger partial charge in [-0.2, -0.15) is 0 Å². The van der Waals surface area contributed by atoms with Crippen molar-refractivity contribution >= 4 is 17.4 Å². The molecule has 21 heavy (non-hydrogen) atoms. The molecule has 1 aromatic carbocycles. The Morgan fingerprint density at radius 3 is 2.43 bits per heavy atom. The van der Waals surface area contributed by atoms with E-state index < -0.39 is 0 Å². The van der Waals surface area contributed by atoms with E-state index in [4.69, 9.17) is 21.1 Å². The summed E-state index contributed by atoms with van der Waals surface area (Å²) in [6, 6.07) is 8.35. The largest absolute Gasteiger partial charge is 0.490 e. The number of benzene rings is 1. The Bertz CT molecular complexity index is 626. The summed E-state index contributed by atoms with van der Waals surface area (Å²) in [5, 5.41) is 0.494. The van der Waals surface area contributed by atoms with Crippen molar-refractivity contribution in [3.8, 4) is 11.5 Å². The van der Waals surface area contributed by atoms with E-state index in [1.165, 1.54) is 6.20 Å². The van der Waals surface area contributed by atoms with Crippen LogP contribution in [0.4, 0.5) is 0 Å². The number of nitrogens with zero attached hydrogens (tertiary/aromatic N) is 1. The lowest BCUT2D eigenvalue weighted by atomic mass is 10.1. The smallest absolute Gasteiger partial charge is 0.211 e. The molecule has 0 saturated heterocycles. The van der Waals surface area contributed by atoms with Crippen LogP contribution in [0.15, 0.2) is 36.5 Å². The number of carbonyl (C=O) groups excluding carboxylic acids is 1. The van der Waals surface area contributed by atoms with Gasteiger partial charge in [-0.25, -0.2) is 0 Å². The third-order valence-electron chi connectivity index (χ3n) is 2.77. The molecule has 0 radical (unpaired) electrons. The van der Waals surface area contributed by atoms with E-state index in [-0.39, 0.29) is 5.78 Å². The number of aromatic nitrogens is 1. The van der Waals surface area contributed by atoms with Crippen LogP contribution in [0, 0.1) is 0 Å². The molecule has 0 N–H and O–H groups in total. The summed E-state index contributed by atoms with van der Waals surface area (Å²) in [5.74, 6) is 0.995. The molecule has 0 fully saturated rings. The molecule has 0 unspecified atom stereocenters. The minimum Gasteiger partial charge on any atom is -0.490 e. The van der Waals surface area contributed by atoms with Gasteiger partial charge >= 0.3 is 0 Å². The lowest BCUT2D eigenvalue weighted by molar-refractivity contribution is 0.103. The molecule has 2 aromatic rings. The maximum atomic E-state index is 12.4. The van der Waals surface area contributed by atoms with Crippen LogP contribution >= 0.6 is 11.6 Å². The summed E-state index contributed by atoms with van der Waals surface area (Å²) in [6.45, 7) is 4.81. The van der Waals surface area contributed by atoms with Gasteiger partial charge in [0.25, 0.3) is 0 Å². The van der Waals surface area contributed by atoms with Gasteiger partial charge in [0.1, 0.15) is 5.69 Å². The van der Waals surface area contributed by atoms with E-state index in [0.29, 0.717) is 41.0 Å². The van der Waals surface area contributed by atoms with Crippen LogP contribution in [-0.2, 0) is 0 Å². The third kappa shape index (κ3) is 3.73. The summed E-state index contributed by atoms with van der Waals surface area (Å²) >= 11 is 5.77. The minimum absolute atomic E-state index is 0.185. The fraction of sp³-hybridized carbons (Fsp3) is 0.250. The molecule has 110 valence electrons. The monoisotopic (exact) mass is 305 g/mol. The van der Waals surface area contributed by atoms with Crippen molar-refractivity contribution in [1.82, 2.24) is 4.98 Å². The number of carbonyl (C=O) groups is 1. The van der Waals surface area contributed by atoms with Crippen LogP contribution in [-0.4, -0.2) is 24.0 Å².